The molecule has 7 heteroatoms. The maximum atomic E-state index is 12.6. The minimum absolute atomic E-state index is 0.184. The minimum Gasteiger partial charge on any atom is -0.497 e. The third-order valence-corrected chi connectivity index (χ3v) is 5.35. The normalized spacial score (nSPS) is 17.8. The molecule has 2 aliphatic rings. The summed E-state index contributed by atoms with van der Waals surface area (Å²) in [6.45, 7) is 4.27. The van der Waals surface area contributed by atoms with E-state index in [-0.39, 0.29) is 5.91 Å². The van der Waals surface area contributed by atoms with Gasteiger partial charge in [-0.2, -0.15) is 0 Å². The van der Waals surface area contributed by atoms with Gasteiger partial charge in [-0.3, -0.25) is 4.79 Å². The monoisotopic (exact) mass is 355 g/mol. The molecule has 138 valence electrons. The first-order valence-corrected chi connectivity index (χ1v) is 9.28. The van der Waals surface area contributed by atoms with Crippen molar-refractivity contribution in [3.05, 3.63) is 41.5 Å². The molecule has 1 fully saturated rings. The molecule has 1 amide bonds. The second-order valence-corrected chi connectivity index (χ2v) is 6.99. The molecule has 0 bridgehead atoms. The summed E-state index contributed by atoms with van der Waals surface area (Å²) < 4.78 is 7.50. The Morgan fingerprint density at radius 2 is 2.12 bits per heavy atom. The molecule has 1 aromatic carbocycles. The number of carbonyl (C=O) groups excluding carboxylic acids is 1. The molecule has 4 rings (SSSR count). The Labute approximate surface area is 153 Å². The topological polar surface area (TPSA) is 72.3 Å². The Kier molecular flexibility index (Phi) is 4.88. The van der Waals surface area contributed by atoms with Crippen LogP contribution in [0.5, 0.6) is 5.75 Å². The zero-order valence-corrected chi connectivity index (χ0v) is 15.1. The van der Waals surface area contributed by atoms with Gasteiger partial charge in [-0.25, -0.2) is 0 Å². The van der Waals surface area contributed by atoms with Crippen LogP contribution in [-0.4, -0.2) is 52.3 Å². The molecular formula is C19H25N5O2. The number of nitrogens with zero attached hydrogens (tertiary/aromatic N) is 4. The molecule has 0 saturated carbocycles. The summed E-state index contributed by atoms with van der Waals surface area (Å²) >= 11 is 0. The van der Waals surface area contributed by atoms with E-state index in [2.05, 4.69) is 20.1 Å². The average molecular weight is 355 g/mol. The highest BCUT2D eigenvalue weighted by Gasteiger charge is 2.28. The smallest absolute Gasteiger partial charge is 0.226 e. The number of hydrogen-bond acceptors (Lipinski definition) is 5. The molecule has 1 N–H and O–H groups in total. The SMILES string of the molecule is COc1cccc(CC(=O)N2CCC(c3nnc4n3CCNC4)CC2)c1. The van der Waals surface area contributed by atoms with Crippen LogP contribution in [0.2, 0.25) is 0 Å². The van der Waals surface area contributed by atoms with Gasteiger partial charge in [0.05, 0.1) is 20.1 Å². The highest BCUT2D eigenvalue weighted by Crippen LogP contribution is 2.28. The Balaban J connectivity index is 1.36. The molecule has 1 aromatic heterocycles. The number of methoxy groups -OCH3 is 1. The van der Waals surface area contributed by atoms with Gasteiger partial charge < -0.3 is 19.5 Å². The first-order valence-electron chi connectivity index (χ1n) is 9.28. The van der Waals surface area contributed by atoms with E-state index >= 15 is 0 Å². The zero-order valence-electron chi connectivity index (χ0n) is 15.1. The summed E-state index contributed by atoms with van der Waals surface area (Å²) in [5.41, 5.74) is 0.996. The molecule has 26 heavy (non-hydrogen) atoms. The third kappa shape index (κ3) is 3.44. The number of aromatic nitrogens is 3. The fourth-order valence-corrected chi connectivity index (χ4v) is 3.87. The highest BCUT2D eigenvalue weighted by molar-refractivity contribution is 5.79. The predicted molar refractivity (Wildman–Crippen MR) is 97.0 cm³/mol. The van der Waals surface area contributed by atoms with Crippen molar-refractivity contribution in [3.8, 4) is 5.75 Å². The lowest BCUT2D eigenvalue weighted by molar-refractivity contribution is -0.131. The molecular weight excluding hydrogens is 330 g/mol. The second-order valence-electron chi connectivity index (χ2n) is 6.99. The maximum absolute atomic E-state index is 12.6. The van der Waals surface area contributed by atoms with Crippen molar-refractivity contribution in [2.45, 2.75) is 38.3 Å². The van der Waals surface area contributed by atoms with E-state index in [0.717, 1.165) is 68.5 Å². The Morgan fingerprint density at radius 3 is 2.92 bits per heavy atom. The number of ether oxygens (including phenoxy) is 1. The lowest BCUT2D eigenvalue weighted by atomic mass is 9.95. The summed E-state index contributed by atoms with van der Waals surface area (Å²) in [5.74, 6) is 3.50. The maximum Gasteiger partial charge on any atom is 0.226 e. The number of rotatable bonds is 4. The van der Waals surface area contributed by atoms with Crippen molar-refractivity contribution < 1.29 is 9.53 Å². The van der Waals surface area contributed by atoms with Crippen LogP contribution in [0.3, 0.4) is 0 Å². The van der Waals surface area contributed by atoms with Gasteiger partial charge in [0.1, 0.15) is 17.4 Å². The summed E-state index contributed by atoms with van der Waals surface area (Å²) in [6, 6.07) is 7.73. The molecule has 0 radical (unpaired) electrons. The van der Waals surface area contributed by atoms with Crippen molar-refractivity contribution in [2.75, 3.05) is 26.7 Å². The van der Waals surface area contributed by atoms with E-state index in [9.17, 15) is 4.79 Å². The lowest BCUT2D eigenvalue weighted by Crippen LogP contribution is -2.39. The molecule has 0 unspecified atom stereocenters. The fourth-order valence-electron chi connectivity index (χ4n) is 3.87. The van der Waals surface area contributed by atoms with Gasteiger partial charge in [-0.05, 0) is 30.5 Å². The van der Waals surface area contributed by atoms with Crippen LogP contribution in [0, 0.1) is 0 Å². The number of likely N-dealkylation sites (tertiary alicyclic amines) is 1. The molecule has 1 saturated heterocycles. The highest BCUT2D eigenvalue weighted by atomic mass is 16.5. The van der Waals surface area contributed by atoms with Crippen LogP contribution in [0.1, 0.15) is 36.0 Å². The van der Waals surface area contributed by atoms with Crippen LogP contribution in [0.25, 0.3) is 0 Å². The van der Waals surface area contributed by atoms with Crippen molar-refractivity contribution in [2.24, 2.45) is 0 Å². The number of amides is 1. The number of fused-ring (bicyclic) bond motifs is 1. The summed E-state index contributed by atoms with van der Waals surface area (Å²) in [5, 5.41) is 12.1. The quantitative estimate of drug-likeness (QED) is 0.896. The number of hydrogen-bond donors (Lipinski definition) is 1. The molecule has 0 spiro atoms. The number of benzene rings is 1. The second kappa shape index (κ2) is 7.45. The first-order chi connectivity index (χ1) is 12.7. The van der Waals surface area contributed by atoms with Gasteiger partial charge >= 0.3 is 0 Å². The van der Waals surface area contributed by atoms with Crippen molar-refractivity contribution in [1.82, 2.24) is 25.0 Å². The van der Waals surface area contributed by atoms with Crippen LogP contribution in [0.15, 0.2) is 24.3 Å². The number of piperidine rings is 1. The van der Waals surface area contributed by atoms with Crippen LogP contribution in [-0.2, 0) is 24.3 Å². The summed E-state index contributed by atoms with van der Waals surface area (Å²) in [7, 11) is 1.64. The fraction of sp³-hybridized carbons (Fsp3) is 0.526. The van der Waals surface area contributed by atoms with Gasteiger partial charge in [0.2, 0.25) is 5.91 Å². The molecule has 2 aliphatic heterocycles. The van der Waals surface area contributed by atoms with Crippen molar-refractivity contribution in [1.29, 1.82) is 0 Å². The summed E-state index contributed by atoms with van der Waals surface area (Å²) in [4.78, 5) is 14.6. The largest absolute Gasteiger partial charge is 0.497 e. The Hall–Kier alpha value is -2.41. The summed E-state index contributed by atoms with van der Waals surface area (Å²) in [6.07, 6.45) is 2.33. The van der Waals surface area contributed by atoms with Gasteiger partial charge in [-0.1, -0.05) is 12.1 Å². The first kappa shape index (κ1) is 17.0. The third-order valence-electron chi connectivity index (χ3n) is 5.35. The molecule has 0 aliphatic carbocycles. The number of nitrogens with one attached hydrogen (secondary N) is 1. The van der Waals surface area contributed by atoms with E-state index < -0.39 is 0 Å². The van der Waals surface area contributed by atoms with E-state index in [1.165, 1.54) is 0 Å². The van der Waals surface area contributed by atoms with Gasteiger partial charge in [-0.15, -0.1) is 10.2 Å². The van der Waals surface area contributed by atoms with Gasteiger partial charge in [0, 0.05) is 32.1 Å². The molecule has 2 aromatic rings. The van der Waals surface area contributed by atoms with E-state index in [0.29, 0.717) is 12.3 Å². The Bertz CT molecular complexity index is 780. The van der Waals surface area contributed by atoms with Crippen LogP contribution >= 0.6 is 0 Å². The van der Waals surface area contributed by atoms with Crippen LogP contribution in [0.4, 0.5) is 0 Å². The zero-order chi connectivity index (χ0) is 17.9. The van der Waals surface area contributed by atoms with Crippen LogP contribution < -0.4 is 10.1 Å². The number of carbonyl (C=O) groups is 1. The van der Waals surface area contributed by atoms with Crippen molar-refractivity contribution >= 4 is 5.91 Å². The van der Waals surface area contributed by atoms with E-state index in [1.807, 2.05) is 29.2 Å². The predicted octanol–water partition coefficient (Wildman–Crippen LogP) is 1.34. The molecule has 7 nitrogen and oxygen atoms in total. The van der Waals surface area contributed by atoms with Crippen molar-refractivity contribution in [3.63, 3.8) is 0 Å². The standard InChI is InChI=1S/C19H25N5O2/c1-26-16-4-2-3-14(11-16)12-18(25)23-8-5-15(6-9-23)19-22-21-17-13-20-7-10-24(17)19/h2-4,11,15,20H,5-10,12-13H2,1H3. The average Bonchev–Trinajstić information content (AvgIpc) is 3.12. The molecule has 0 atom stereocenters. The Morgan fingerprint density at radius 1 is 1.27 bits per heavy atom. The lowest BCUT2D eigenvalue weighted by Gasteiger charge is -2.32. The van der Waals surface area contributed by atoms with E-state index in [1.54, 1.807) is 7.11 Å². The van der Waals surface area contributed by atoms with Gasteiger partial charge in [0.15, 0.2) is 0 Å². The minimum atomic E-state index is 0.184. The van der Waals surface area contributed by atoms with E-state index in [4.69, 9.17) is 4.74 Å². The molecule has 3 heterocycles. The van der Waals surface area contributed by atoms with Gasteiger partial charge in [0.25, 0.3) is 0 Å².